The minimum absolute atomic E-state index is 0.00571. The van der Waals surface area contributed by atoms with Crippen molar-refractivity contribution in [1.82, 2.24) is 9.97 Å². The molecule has 2 rings (SSSR count). The highest BCUT2D eigenvalue weighted by atomic mass is 19.4. The third-order valence-corrected chi connectivity index (χ3v) is 2.78. The van der Waals surface area contributed by atoms with E-state index in [1.54, 1.807) is 6.92 Å². The Bertz CT molecular complexity index is 772. The fourth-order valence-electron chi connectivity index (χ4n) is 1.75. The molecule has 0 spiro atoms. The van der Waals surface area contributed by atoms with Gasteiger partial charge in [0.1, 0.15) is 11.3 Å². The predicted molar refractivity (Wildman–Crippen MR) is 75.4 cm³/mol. The maximum absolute atomic E-state index is 12.7. The van der Waals surface area contributed by atoms with Crippen LogP contribution in [0.3, 0.4) is 0 Å². The summed E-state index contributed by atoms with van der Waals surface area (Å²) in [4.78, 5) is 29.5. The van der Waals surface area contributed by atoms with Crippen LogP contribution in [0.2, 0.25) is 0 Å². The van der Waals surface area contributed by atoms with Crippen molar-refractivity contribution in [2.24, 2.45) is 0 Å². The summed E-state index contributed by atoms with van der Waals surface area (Å²) < 4.78 is 43.1. The number of ether oxygens (including phenoxy) is 1. The number of rotatable bonds is 4. The summed E-state index contributed by atoms with van der Waals surface area (Å²) in [6, 6.07) is 3.41. The van der Waals surface area contributed by atoms with Crippen LogP contribution in [0.1, 0.15) is 22.8 Å². The van der Waals surface area contributed by atoms with Crippen molar-refractivity contribution in [3.8, 4) is 5.88 Å². The van der Waals surface area contributed by atoms with Crippen molar-refractivity contribution in [2.75, 3.05) is 11.9 Å². The number of alkyl halides is 3. The van der Waals surface area contributed by atoms with Gasteiger partial charge in [-0.25, -0.2) is 4.98 Å². The summed E-state index contributed by atoms with van der Waals surface area (Å²) in [7, 11) is 0. The molecule has 0 unspecified atom stereocenters. The molecule has 2 aromatic rings. The highest BCUT2D eigenvalue weighted by Crippen LogP contribution is 2.29. The van der Waals surface area contributed by atoms with Crippen molar-refractivity contribution in [3.05, 3.63) is 52.1 Å². The minimum Gasteiger partial charge on any atom is -0.477 e. The number of anilines is 1. The van der Waals surface area contributed by atoms with Crippen molar-refractivity contribution in [2.45, 2.75) is 13.1 Å². The molecule has 2 heterocycles. The van der Waals surface area contributed by atoms with Crippen LogP contribution in [0, 0.1) is 0 Å². The van der Waals surface area contributed by atoms with Crippen LogP contribution in [0.5, 0.6) is 5.88 Å². The van der Waals surface area contributed by atoms with Gasteiger partial charge in [-0.15, -0.1) is 0 Å². The Morgan fingerprint density at radius 2 is 2.17 bits per heavy atom. The number of aromatic nitrogens is 2. The second-order valence-corrected chi connectivity index (χ2v) is 4.37. The van der Waals surface area contributed by atoms with Crippen LogP contribution < -0.4 is 15.6 Å². The average molecular weight is 327 g/mol. The molecule has 6 nitrogen and oxygen atoms in total. The first kappa shape index (κ1) is 16.5. The van der Waals surface area contributed by atoms with Crippen LogP contribution >= 0.6 is 0 Å². The number of halogens is 3. The van der Waals surface area contributed by atoms with Crippen molar-refractivity contribution in [1.29, 1.82) is 0 Å². The zero-order valence-electron chi connectivity index (χ0n) is 11.9. The topological polar surface area (TPSA) is 84.1 Å². The summed E-state index contributed by atoms with van der Waals surface area (Å²) in [6.45, 7) is 1.94. The number of H-pyrrole nitrogens is 1. The lowest BCUT2D eigenvalue weighted by atomic mass is 10.2. The van der Waals surface area contributed by atoms with E-state index in [9.17, 15) is 22.8 Å². The number of nitrogens with one attached hydrogen (secondary N) is 2. The first-order valence-electron chi connectivity index (χ1n) is 6.52. The Kier molecular flexibility index (Phi) is 4.68. The summed E-state index contributed by atoms with van der Waals surface area (Å²) in [5.41, 5.74) is -2.45. The zero-order chi connectivity index (χ0) is 17.0. The van der Waals surface area contributed by atoms with Crippen LogP contribution in [-0.2, 0) is 6.18 Å². The highest BCUT2D eigenvalue weighted by Gasteiger charge is 2.31. The Balaban J connectivity index is 2.33. The molecular weight excluding hydrogens is 315 g/mol. The monoisotopic (exact) mass is 327 g/mol. The van der Waals surface area contributed by atoms with Crippen LogP contribution in [0.4, 0.5) is 18.9 Å². The number of amides is 1. The van der Waals surface area contributed by atoms with Gasteiger partial charge in [-0.3, -0.25) is 9.59 Å². The van der Waals surface area contributed by atoms with Gasteiger partial charge in [0.2, 0.25) is 5.88 Å². The number of aromatic amines is 1. The maximum atomic E-state index is 12.7. The molecule has 0 fully saturated rings. The van der Waals surface area contributed by atoms with E-state index in [0.29, 0.717) is 12.3 Å². The summed E-state index contributed by atoms with van der Waals surface area (Å²) in [6.07, 6.45) is -2.71. The number of hydrogen-bond acceptors (Lipinski definition) is 4. The number of hydrogen-bond donors (Lipinski definition) is 2. The predicted octanol–water partition coefficient (Wildman–Crippen LogP) is 2.44. The third-order valence-electron chi connectivity index (χ3n) is 2.78. The van der Waals surface area contributed by atoms with Gasteiger partial charge in [-0.05, 0) is 25.1 Å². The van der Waals surface area contributed by atoms with Crippen molar-refractivity contribution < 1.29 is 22.7 Å². The number of carbonyl (C=O) groups excluding carboxylic acids is 1. The molecule has 23 heavy (non-hydrogen) atoms. The lowest BCUT2D eigenvalue weighted by Gasteiger charge is -2.11. The number of nitrogens with zero attached hydrogens (tertiary/aromatic N) is 1. The van der Waals surface area contributed by atoms with E-state index in [-0.39, 0.29) is 18.1 Å². The summed E-state index contributed by atoms with van der Waals surface area (Å²) in [5.74, 6) is -0.776. The Morgan fingerprint density at radius 1 is 1.43 bits per heavy atom. The van der Waals surface area contributed by atoms with Gasteiger partial charge in [0, 0.05) is 12.4 Å². The summed E-state index contributed by atoms with van der Waals surface area (Å²) >= 11 is 0. The number of carbonyl (C=O) groups is 1. The molecule has 0 aromatic carbocycles. The van der Waals surface area contributed by atoms with Gasteiger partial charge >= 0.3 is 6.18 Å². The average Bonchev–Trinajstić information content (AvgIpc) is 2.49. The highest BCUT2D eigenvalue weighted by molar-refractivity contribution is 6.05. The van der Waals surface area contributed by atoms with Gasteiger partial charge in [-0.1, -0.05) is 0 Å². The van der Waals surface area contributed by atoms with E-state index in [2.05, 4.69) is 10.3 Å². The molecule has 0 saturated heterocycles. The Hall–Kier alpha value is -2.84. The second kappa shape index (κ2) is 6.51. The van der Waals surface area contributed by atoms with Gasteiger partial charge in [0.05, 0.1) is 12.2 Å². The lowest BCUT2D eigenvalue weighted by Crippen LogP contribution is -2.22. The molecule has 0 aliphatic heterocycles. The van der Waals surface area contributed by atoms with Gasteiger partial charge in [-0.2, -0.15) is 13.2 Å². The second-order valence-electron chi connectivity index (χ2n) is 4.37. The normalized spacial score (nSPS) is 11.1. The van der Waals surface area contributed by atoms with E-state index in [1.807, 2.05) is 4.98 Å². The van der Waals surface area contributed by atoms with E-state index in [4.69, 9.17) is 4.74 Å². The van der Waals surface area contributed by atoms with Gasteiger partial charge < -0.3 is 15.0 Å². The van der Waals surface area contributed by atoms with Crippen molar-refractivity contribution in [3.63, 3.8) is 0 Å². The first-order valence-corrected chi connectivity index (χ1v) is 6.52. The van der Waals surface area contributed by atoms with Crippen LogP contribution in [0.15, 0.2) is 35.4 Å². The fourth-order valence-corrected chi connectivity index (χ4v) is 1.75. The molecule has 0 atom stereocenters. The molecule has 2 N–H and O–H groups in total. The van der Waals surface area contributed by atoms with Crippen molar-refractivity contribution >= 4 is 11.6 Å². The minimum atomic E-state index is -4.64. The number of pyridine rings is 2. The molecule has 0 saturated carbocycles. The van der Waals surface area contributed by atoms with E-state index in [1.165, 1.54) is 18.3 Å². The largest absolute Gasteiger partial charge is 0.477 e. The molecule has 0 aliphatic carbocycles. The SMILES string of the molecule is CCOc1ncccc1C(=O)Nc1cc(C(F)(F)F)c[nH]c1=O. The zero-order valence-corrected chi connectivity index (χ0v) is 11.9. The lowest BCUT2D eigenvalue weighted by molar-refractivity contribution is -0.137. The smallest absolute Gasteiger partial charge is 0.417 e. The summed E-state index contributed by atoms with van der Waals surface area (Å²) in [5, 5.41) is 2.14. The Labute approximate surface area is 128 Å². The van der Waals surface area contributed by atoms with Gasteiger partial charge in [0.25, 0.3) is 11.5 Å². The fraction of sp³-hybridized carbons (Fsp3) is 0.214. The molecule has 122 valence electrons. The standard InChI is InChI=1S/C14H12F3N3O3/c1-2-23-13-9(4-3-5-18-13)11(21)20-10-6-8(14(15,16)17)7-19-12(10)22/h3-7H,2H2,1H3,(H,19,22)(H,20,21). The molecule has 0 aliphatic rings. The molecule has 0 bridgehead atoms. The van der Waals surface area contributed by atoms with Gasteiger partial charge in [0.15, 0.2) is 0 Å². The quantitative estimate of drug-likeness (QED) is 0.903. The molecule has 1 amide bonds. The van der Waals surface area contributed by atoms with E-state index >= 15 is 0 Å². The molecule has 9 heteroatoms. The van der Waals surface area contributed by atoms with E-state index < -0.39 is 28.9 Å². The van der Waals surface area contributed by atoms with Crippen LogP contribution in [0.25, 0.3) is 0 Å². The van der Waals surface area contributed by atoms with E-state index in [0.717, 1.165) is 0 Å². The molecule has 2 aromatic heterocycles. The molecular formula is C14H12F3N3O3. The third kappa shape index (κ3) is 3.87. The van der Waals surface area contributed by atoms with Crippen LogP contribution in [-0.4, -0.2) is 22.5 Å². The molecule has 0 radical (unpaired) electrons. The Morgan fingerprint density at radius 3 is 2.83 bits per heavy atom. The first-order chi connectivity index (χ1) is 10.8. The maximum Gasteiger partial charge on any atom is 0.417 e.